The topological polar surface area (TPSA) is 43.8 Å². The van der Waals surface area contributed by atoms with E-state index in [1.54, 1.807) is 0 Å². The Bertz CT molecular complexity index is 448. The highest BCUT2D eigenvalue weighted by Crippen LogP contribution is 2.86. The first kappa shape index (κ1) is 20.1. The molecule has 104 valence electrons. The number of nitrogens with zero attached hydrogens (tertiary/aromatic N) is 2. The zero-order valence-corrected chi connectivity index (χ0v) is 17.5. The number of nitrogens with two attached hydrogens (primary N) is 1. The van der Waals surface area contributed by atoms with Gasteiger partial charge in [0, 0.05) is 5.39 Å². The van der Waals surface area contributed by atoms with Crippen molar-refractivity contribution in [2.45, 2.75) is 13.8 Å². The van der Waals surface area contributed by atoms with Crippen LogP contribution in [-0.4, -0.2) is 17.7 Å². The van der Waals surface area contributed by atoms with Gasteiger partial charge in [-0.2, -0.15) is 5.10 Å². The summed E-state index contributed by atoms with van der Waals surface area (Å²) in [6, 6.07) is 7.56. The third-order valence-electron chi connectivity index (χ3n) is 1.91. The normalized spacial score (nSPS) is 9.89. The van der Waals surface area contributed by atoms with Crippen molar-refractivity contribution in [2.24, 2.45) is 0 Å². The van der Waals surface area contributed by atoms with E-state index in [1.165, 1.54) is 4.59 Å². The Morgan fingerprint density at radius 3 is 2.00 bits per heavy atom. The first-order valence-corrected chi connectivity index (χ1v) is 15.4. The van der Waals surface area contributed by atoms with E-state index < -0.39 is 0 Å². The van der Waals surface area contributed by atoms with Gasteiger partial charge in [0.25, 0.3) is 7.98 Å². The second-order valence-electron chi connectivity index (χ2n) is 3.11. The number of benzene rings is 1. The maximum Gasteiger partial charge on any atom is 0.265 e. The number of hydrogen-bond donors (Lipinski definition) is 1. The predicted molar refractivity (Wildman–Crippen MR) is 109 cm³/mol. The minimum absolute atomic E-state index is 0.165. The van der Waals surface area contributed by atoms with Crippen molar-refractivity contribution in [1.29, 1.82) is 0 Å². The molecular formula is C9H20BN3P6. The molecule has 19 heavy (non-hydrogen) atoms. The Kier molecular flexibility index (Phi) is 11.4. The molecule has 2 N–H and O–H groups in total. The quantitative estimate of drug-likeness (QED) is 0.592. The number of fused-ring (bicyclic) bond motifs is 1. The van der Waals surface area contributed by atoms with Gasteiger partial charge in [-0.15, -0.1) is 35.7 Å². The standard InChI is InChI=1S/C7H6BN3.C2H6.H8P6/c8-11-6-4-2-1-3-5(6)7(9)10-11;1-2;1-5(2)6(3)4/h1-4H,(H2,9,10);1-2H3;1-4H2. The summed E-state index contributed by atoms with van der Waals surface area (Å²) in [4.78, 5) is 0. The fourth-order valence-corrected chi connectivity index (χ4v) is 1.11. The van der Waals surface area contributed by atoms with Crippen LogP contribution < -0.4 is 5.73 Å². The summed E-state index contributed by atoms with van der Waals surface area (Å²) in [6.45, 7) is 4.33. The van der Waals surface area contributed by atoms with Crippen LogP contribution in [0.4, 0.5) is 5.82 Å². The molecule has 4 atom stereocenters. The molecule has 2 rings (SSSR count). The molecule has 2 aromatic rings. The number of hydrogen-bond acceptors (Lipinski definition) is 2. The summed E-state index contributed by atoms with van der Waals surface area (Å²) in [7, 11) is 16.7. The van der Waals surface area contributed by atoms with Gasteiger partial charge in [0.15, 0.2) is 5.82 Å². The molecule has 1 aromatic carbocycles. The summed E-state index contributed by atoms with van der Waals surface area (Å²) >= 11 is 0. The number of aromatic nitrogens is 2. The molecule has 0 saturated heterocycles. The lowest BCUT2D eigenvalue weighted by molar-refractivity contribution is 1.03. The van der Waals surface area contributed by atoms with Crippen LogP contribution in [0.25, 0.3) is 10.9 Å². The number of anilines is 1. The highest BCUT2D eigenvalue weighted by atomic mass is 33.0. The van der Waals surface area contributed by atoms with E-state index in [4.69, 9.17) is 13.7 Å². The summed E-state index contributed by atoms with van der Waals surface area (Å²) in [6.07, 6.45) is 0. The van der Waals surface area contributed by atoms with E-state index in [2.05, 4.69) is 40.8 Å². The average molecular weight is 367 g/mol. The van der Waals surface area contributed by atoms with Gasteiger partial charge in [-0.25, -0.2) is 0 Å². The third-order valence-corrected chi connectivity index (χ3v) is 23.2. The van der Waals surface area contributed by atoms with Crippen molar-refractivity contribution in [3.8, 4) is 0 Å². The van der Waals surface area contributed by atoms with E-state index in [-0.39, 0.29) is 14.0 Å². The molecule has 0 amide bonds. The van der Waals surface area contributed by atoms with Crippen LogP contribution in [0, 0.1) is 0 Å². The second-order valence-corrected chi connectivity index (χ2v) is 22.9. The lowest BCUT2D eigenvalue weighted by Gasteiger charge is -2.06. The fraction of sp³-hybridized carbons (Fsp3) is 0.222. The minimum Gasteiger partial charge on any atom is -0.382 e. The van der Waals surface area contributed by atoms with Gasteiger partial charge in [-0.05, 0) is 26.1 Å². The van der Waals surface area contributed by atoms with Gasteiger partial charge in [0.05, 0.1) is 5.52 Å². The molecule has 10 heteroatoms. The minimum atomic E-state index is 0.165. The van der Waals surface area contributed by atoms with E-state index in [9.17, 15) is 0 Å². The van der Waals surface area contributed by atoms with Crippen LogP contribution in [-0.2, 0) is 0 Å². The molecule has 0 aliphatic heterocycles. The maximum atomic E-state index is 5.57. The fourth-order valence-electron chi connectivity index (χ4n) is 1.11. The molecule has 0 aliphatic carbocycles. The Hall–Kier alpha value is 1.13. The monoisotopic (exact) mass is 367 g/mol. The molecule has 0 spiro atoms. The number of para-hydroxylation sites is 1. The summed E-state index contributed by atoms with van der Waals surface area (Å²) in [5.74, 6) is 0.475. The Morgan fingerprint density at radius 2 is 1.58 bits per heavy atom. The lowest BCUT2D eigenvalue weighted by atomic mass is 10.2. The van der Waals surface area contributed by atoms with Gasteiger partial charge in [0.2, 0.25) is 0 Å². The van der Waals surface area contributed by atoms with Gasteiger partial charge < -0.3 is 10.3 Å². The van der Waals surface area contributed by atoms with Crippen LogP contribution >= 0.6 is 49.7 Å². The summed E-state index contributed by atoms with van der Waals surface area (Å²) in [5, 5.41) is 4.76. The second kappa shape index (κ2) is 10.8. The SMILES string of the molecule is CC.PP(P)P(P)P.[B]n1nc(N)c2ccccc21. The van der Waals surface area contributed by atoms with Crippen LogP contribution in [0.3, 0.4) is 0 Å². The molecule has 4 unspecified atom stereocenters. The van der Waals surface area contributed by atoms with Crippen molar-refractivity contribution in [2.75, 3.05) is 5.73 Å². The molecule has 1 aromatic heterocycles. The Balaban J connectivity index is 0.000000350. The molecule has 2 radical (unpaired) electrons. The first-order chi connectivity index (χ1) is 8.93. The van der Waals surface area contributed by atoms with Crippen LogP contribution in [0.1, 0.15) is 13.8 Å². The first-order valence-electron chi connectivity index (χ1n) is 5.50. The molecule has 1 heterocycles. The van der Waals surface area contributed by atoms with Crippen molar-refractivity contribution in [3.63, 3.8) is 0 Å². The Labute approximate surface area is 128 Å². The largest absolute Gasteiger partial charge is 0.382 e. The molecule has 0 fully saturated rings. The molecule has 3 nitrogen and oxygen atoms in total. The van der Waals surface area contributed by atoms with E-state index in [0.29, 0.717) is 5.82 Å². The van der Waals surface area contributed by atoms with Gasteiger partial charge in [-0.3, -0.25) is 0 Å². The predicted octanol–water partition coefficient (Wildman–Crippen LogP) is 4.60. The summed E-state index contributed by atoms with van der Waals surface area (Å²) in [5.41, 5.74) is 6.42. The lowest BCUT2D eigenvalue weighted by Crippen LogP contribution is -1.93. The smallest absolute Gasteiger partial charge is 0.265 e. The molecule has 0 saturated carbocycles. The van der Waals surface area contributed by atoms with Crippen LogP contribution in [0.2, 0.25) is 0 Å². The highest BCUT2D eigenvalue weighted by molar-refractivity contribution is 8.92. The van der Waals surface area contributed by atoms with E-state index in [0.717, 1.165) is 10.9 Å². The van der Waals surface area contributed by atoms with E-state index in [1.807, 2.05) is 38.1 Å². The van der Waals surface area contributed by atoms with E-state index >= 15 is 0 Å². The van der Waals surface area contributed by atoms with Gasteiger partial charge >= 0.3 is 0 Å². The highest BCUT2D eigenvalue weighted by Gasteiger charge is 2.01. The molecular weight excluding hydrogens is 347 g/mol. The summed E-state index contributed by atoms with van der Waals surface area (Å²) < 4.78 is 1.28. The van der Waals surface area contributed by atoms with Gasteiger partial charge in [-0.1, -0.05) is 26.0 Å². The average Bonchev–Trinajstić information content (AvgIpc) is 2.69. The number of nitrogen functional groups attached to an aromatic ring is 1. The number of rotatable bonds is 1. The molecule has 0 bridgehead atoms. The van der Waals surface area contributed by atoms with Crippen LogP contribution in [0.15, 0.2) is 24.3 Å². The van der Waals surface area contributed by atoms with Crippen molar-refractivity contribution in [1.82, 2.24) is 9.69 Å². The zero-order valence-electron chi connectivity index (χ0n) is 11.1. The maximum absolute atomic E-state index is 5.57. The molecule has 0 aliphatic rings. The van der Waals surface area contributed by atoms with Crippen LogP contribution in [0.5, 0.6) is 0 Å². The van der Waals surface area contributed by atoms with Gasteiger partial charge in [0.1, 0.15) is 0 Å². The van der Waals surface area contributed by atoms with Crippen molar-refractivity contribution < 1.29 is 0 Å². The Morgan fingerprint density at radius 1 is 1.11 bits per heavy atom. The van der Waals surface area contributed by atoms with Crippen molar-refractivity contribution in [3.05, 3.63) is 24.3 Å². The zero-order chi connectivity index (χ0) is 15.0. The van der Waals surface area contributed by atoms with Crippen molar-refractivity contribution >= 4 is 74.4 Å². The third kappa shape index (κ3) is 7.10.